The molecule has 1 aliphatic rings. The fourth-order valence-electron chi connectivity index (χ4n) is 3.08. The predicted octanol–water partition coefficient (Wildman–Crippen LogP) is 4.80. The smallest absolute Gasteiger partial charge is 0.359 e. The molecule has 1 amide bonds. The Morgan fingerprint density at radius 3 is 2.80 bits per heavy atom. The van der Waals surface area contributed by atoms with Gasteiger partial charge in [0, 0.05) is 18.5 Å². The molecule has 1 saturated heterocycles. The van der Waals surface area contributed by atoms with Gasteiger partial charge in [0.1, 0.15) is 11.4 Å². The third-order valence-corrected chi connectivity index (χ3v) is 6.77. The van der Waals surface area contributed by atoms with Gasteiger partial charge in [-0.3, -0.25) is 9.69 Å². The van der Waals surface area contributed by atoms with Crippen molar-refractivity contribution in [3.05, 3.63) is 69.6 Å². The SMILES string of the molecule is Cc1cccc(-c2sc(C)nc2C(=O)N2CCSC2OC(=O)c2ccc(Cl)cn2)c1. The van der Waals surface area contributed by atoms with Crippen molar-refractivity contribution < 1.29 is 14.3 Å². The van der Waals surface area contributed by atoms with Crippen LogP contribution in [-0.2, 0) is 4.74 Å². The second-order valence-corrected chi connectivity index (χ2v) is 9.51. The fraction of sp³-hybridized carbons (Fsp3) is 0.238. The first-order valence-electron chi connectivity index (χ1n) is 9.22. The number of aryl methyl sites for hydroxylation is 2. The topological polar surface area (TPSA) is 72.4 Å². The molecule has 3 heterocycles. The number of rotatable bonds is 4. The first kappa shape index (κ1) is 20.8. The Balaban J connectivity index is 1.57. The summed E-state index contributed by atoms with van der Waals surface area (Å²) >= 11 is 8.69. The van der Waals surface area contributed by atoms with Crippen molar-refractivity contribution in [1.82, 2.24) is 14.9 Å². The van der Waals surface area contributed by atoms with Gasteiger partial charge in [-0.2, -0.15) is 0 Å². The molecule has 154 valence electrons. The maximum absolute atomic E-state index is 13.3. The lowest BCUT2D eigenvalue weighted by atomic mass is 10.1. The summed E-state index contributed by atoms with van der Waals surface area (Å²) in [6.45, 7) is 4.36. The maximum atomic E-state index is 13.3. The van der Waals surface area contributed by atoms with Gasteiger partial charge in [-0.1, -0.05) is 53.2 Å². The summed E-state index contributed by atoms with van der Waals surface area (Å²) in [5, 5.41) is 1.24. The highest BCUT2D eigenvalue weighted by atomic mass is 35.5. The van der Waals surface area contributed by atoms with E-state index in [1.807, 2.05) is 38.1 Å². The number of hydrogen-bond donors (Lipinski definition) is 0. The Morgan fingerprint density at radius 1 is 1.23 bits per heavy atom. The fourth-order valence-corrected chi connectivity index (χ4v) is 5.14. The molecular weight excluding hydrogens is 442 g/mol. The number of pyridine rings is 1. The molecule has 0 saturated carbocycles. The first-order valence-corrected chi connectivity index (χ1v) is 11.5. The van der Waals surface area contributed by atoms with Gasteiger partial charge in [0.05, 0.1) is 14.9 Å². The van der Waals surface area contributed by atoms with Crippen molar-refractivity contribution in [2.45, 2.75) is 19.4 Å². The van der Waals surface area contributed by atoms with Crippen LogP contribution in [0.3, 0.4) is 0 Å². The molecule has 6 nitrogen and oxygen atoms in total. The highest BCUT2D eigenvalue weighted by Crippen LogP contribution is 2.34. The van der Waals surface area contributed by atoms with Gasteiger partial charge in [-0.15, -0.1) is 11.3 Å². The van der Waals surface area contributed by atoms with Gasteiger partial charge in [-0.05, 0) is 31.5 Å². The van der Waals surface area contributed by atoms with Crippen molar-refractivity contribution >= 4 is 46.6 Å². The van der Waals surface area contributed by atoms with Gasteiger partial charge >= 0.3 is 5.97 Å². The van der Waals surface area contributed by atoms with Gasteiger partial charge < -0.3 is 4.74 Å². The normalized spacial score (nSPS) is 16.0. The highest BCUT2D eigenvalue weighted by Gasteiger charge is 2.36. The first-order chi connectivity index (χ1) is 14.4. The molecule has 0 bridgehead atoms. The number of halogens is 1. The average Bonchev–Trinajstić information content (AvgIpc) is 3.34. The van der Waals surface area contributed by atoms with Crippen molar-refractivity contribution in [3.8, 4) is 10.4 Å². The Morgan fingerprint density at radius 2 is 2.07 bits per heavy atom. The standard InChI is InChI=1S/C21H18ClN3O3S2/c1-12-4-3-5-14(10-12)18-17(24-13(2)30-18)19(26)25-8-9-29-21(25)28-20(27)16-7-6-15(22)11-23-16/h3-7,10-11,21H,8-9H2,1-2H3. The van der Waals surface area contributed by atoms with Crippen LogP contribution in [0.4, 0.5) is 0 Å². The van der Waals surface area contributed by atoms with Gasteiger partial charge in [0.15, 0.2) is 0 Å². The Labute approximate surface area is 187 Å². The third kappa shape index (κ3) is 4.35. The number of hydrogen-bond acceptors (Lipinski definition) is 7. The summed E-state index contributed by atoms with van der Waals surface area (Å²) in [4.78, 5) is 36.6. The van der Waals surface area contributed by atoms with E-state index in [-0.39, 0.29) is 11.6 Å². The van der Waals surface area contributed by atoms with E-state index in [2.05, 4.69) is 9.97 Å². The van der Waals surface area contributed by atoms with E-state index in [1.165, 1.54) is 35.4 Å². The molecule has 1 aromatic carbocycles. The van der Waals surface area contributed by atoms with E-state index in [4.69, 9.17) is 16.3 Å². The van der Waals surface area contributed by atoms with Crippen LogP contribution >= 0.6 is 34.7 Å². The van der Waals surface area contributed by atoms with Gasteiger partial charge in [0.25, 0.3) is 5.91 Å². The van der Waals surface area contributed by atoms with E-state index >= 15 is 0 Å². The second kappa shape index (κ2) is 8.75. The van der Waals surface area contributed by atoms with E-state index in [1.54, 1.807) is 11.0 Å². The van der Waals surface area contributed by atoms with Gasteiger partial charge in [0.2, 0.25) is 5.56 Å². The number of carbonyl (C=O) groups excluding carboxylic acids is 2. The molecule has 9 heteroatoms. The molecule has 1 atom stereocenters. The monoisotopic (exact) mass is 459 g/mol. The predicted molar refractivity (Wildman–Crippen MR) is 119 cm³/mol. The summed E-state index contributed by atoms with van der Waals surface area (Å²) in [5.74, 6) is -0.180. The van der Waals surface area contributed by atoms with Crippen LogP contribution in [0.25, 0.3) is 10.4 Å². The maximum Gasteiger partial charge on any atom is 0.359 e. The van der Waals surface area contributed by atoms with Crippen LogP contribution < -0.4 is 0 Å². The minimum atomic E-state index is -0.727. The molecule has 0 radical (unpaired) electrons. The van der Waals surface area contributed by atoms with Crippen molar-refractivity contribution in [2.75, 3.05) is 12.3 Å². The minimum Gasteiger partial charge on any atom is -0.427 e. The van der Waals surface area contributed by atoms with Crippen LogP contribution in [-0.4, -0.2) is 44.6 Å². The number of benzene rings is 1. The van der Waals surface area contributed by atoms with Crippen LogP contribution in [0.2, 0.25) is 5.02 Å². The second-order valence-electron chi connectivity index (χ2n) is 6.72. The minimum absolute atomic E-state index is 0.143. The Hall–Kier alpha value is -2.42. The van der Waals surface area contributed by atoms with Crippen LogP contribution in [0.5, 0.6) is 0 Å². The Kier molecular flexibility index (Phi) is 6.08. The summed E-state index contributed by atoms with van der Waals surface area (Å²) in [7, 11) is 0. The van der Waals surface area contributed by atoms with E-state index in [9.17, 15) is 9.59 Å². The molecule has 1 aliphatic heterocycles. The number of thioether (sulfide) groups is 1. The molecule has 3 aromatic rings. The molecule has 0 N–H and O–H groups in total. The molecule has 30 heavy (non-hydrogen) atoms. The molecule has 2 aromatic heterocycles. The number of nitrogens with zero attached hydrogens (tertiary/aromatic N) is 3. The van der Waals surface area contributed by atoms with Crippen molar-refractivity contribution in [1.29, 1.82) is 0 Å². The van der Waals surface area contributed by atoms with Crippen LogP contribution in [0.15, 0.2) is 42.6 Å². The molecule has 1 unspecified atom stereocenters. The number of esters is 1. The number of carbonyl (C=O) groups is 2. The summed E-state index contributed by atoms with van der Waals surface area (Å²) in [6, 6.07) is 11.0. The molecule has 4 rings (SSSR count). The number of thiazole rings is 1. The number of aromatic nitrogens is 2. The van der Waals surface area contributed by atoms with E-state index in [0.29, 0.717) is 23.0 Å². The van der Waals surface area contributed by atoms with Crippen LogP contribution in [0.1, 0.15) is 31.5 Å². The van der Waals surface area contributed by atoms with Crippen LogP contribution in [0, 0.1) is 13.8 Å². The van der Waals surface area contributed by atoms with Crippen molar-refractivity contribution in [2.24, 2.45) is 0 Å². The summed E-state index contributed by atoms with van der Waals surface area (Å²) in [6.07, 6.45) is 1.38. The summed E-state index contributed by atoms with van der Waals surface area (Å²) in [5.41, 5.74) is 1.86. The third-order valence-electron chi connectivity index (χ3n) is 4.47. The Bertz CT molecular complexity index is 1100. The van der Waals surface area contributed by atoms with Gasteiger partial charge in [-0.25, -0.2) is 14.8 Å². The molecule has 0 spiro atoms. The lowest BCUT2D eigenvalue weighted by Gasteiger charge is -2.23. The summed E-state index contributed by atoms with van der Waals surface area (Å²) < 4.78 is 5.56. The van der Waals surface area contributed by atoms with Crippen molar-refractivity contribution in [3.63, 3.8) is 0 Å². The molecule has 0 aliphatic carbocycles. The molecular formula is C21H18ClN3O3S2. The lowest BCUT2D eigenvalue weighted by Crippen LogP contribution is -2.38. The zero-order valence-corrected chi connectivity index (χ0v) is 18.7. The lowest BCUT2D eigenvalue weighted by molar-refractivity contribution is 0.0137. The number of ether oxygens (including phenoxy) is 1. The molecule has 1 fully saturated rings. The van der Waals surface area contributed by atoms with E-state index < -0.39 is 11.5 Å². The average molecular weight is 460 g/mol. The zero-order valence-electron chi connectivity index (χ0n) is 16.3. The largest absolute Gasteiger partial charge is 0.427 e. The zero-order chi connectivity index (χ0) is 21.3. The van der Waals surface area contributed by atoms with E-state index in [0.717, 1.165) is 21.0 Å². The number of amides is 1. The highest BCUT2D eigenvalue weighted by molar-refractivity contribution is 8.00. The quantitative estimate of drug-likeness (QED) is 0.521.